The van der Waals surface area contributed by atoms with E-state index in [1.54, 1.807) is 6.07 Å². The van der Waals surface area contributed by atoms with Crippen LogP contribution in [0, 0.1) is 12.3 Å². The van der Waals surface area contributed by atoms with Crippen molar-refractivity contribution < 1.29 is 17.6 Å². The van der Waals surface area contributed by atoms with Crippen LogP contribution in [-0.2, 0) is 10.0 Å². The fourth-order valence-electron chi connectivity index (χ4n) is 3.55. The molecule has 1 aliphatic carbocycles. The third-order valence-electron chi connectivity index (χ3n) is 4.52. The number of aryl methyl sites for hydroxylation is 1. The molecule has 116 valence electrons. The molecule has 1 aromatic heterocycles. The lowest BCUT2D eigenvalue weighted by Crippen LogP contribution is -2.51. The summed E-state index contributed by atoms with van der Waals surface area (Å²) in [5.74, 6) is 0.353. The van der Waals surface area contributed by atoms with Gasteiger partial charge in [0.1, 0.15) is 0 Å². The summed E-state index contributed by atoms with van der Waals surface area (Å²) in [6.45, 7) is 3.26. The van der Waals surface area contributed by atoms with Gasteiger partial charge in [0.25, 0.3) is 5.91 Å². The van der Waals surface area contributed by atoms with E-state index in [-0.39, 0.29) is 17.4 Å². The van der Waals surface area contributed by atoms with Crippen LogP contribution in [0.5, 0.6) is 0 Å². The average molecular weight is 312 g/mol. The molecule has 0 bridgehead atoms. The van der Waals surface area contributed by atoms with E-state index in [1.807, 2.05) is 11.8 Å². The lowest BCUT2D eigenvalue weighted by Gasteiger charge is -2.45. The fraction of sp³-hybridized carbons (Fsp3) is 0.643. The number of likely N-dealkylation sites (tertiary alicyclic amines) is 1. The van der Waals surface area contributed by atoms with Crippen molar-refractivity contribution in [2.45, 2.75) is 32.2 Å². The van der Waals surface area contributed by atoms with E-state index in [9.17, 15) is 13.2 Å². The normalized spacial score (nSPS) is 28.9. The van der Waals surface area contributed by atoms with E-state index in [0.29, 0.717) is 18.8 Å². The van der Waals surface area contributed by atoms with Crippen LogP contribution in [0.15, 0.2) is 16.7 Å². The van der Waals surface area contributed by atoms with Crippen LogP contribution in [0.4, 0.5) is 0 Å². The molecule has 21 heavy (non-hydrogen) atoms. The summed E-state index contributed by atoms with van der Waals surface area (Å²) >= 11 is 0. The number of sulfonamides is 1. The van der Waals surface area contributed by atoms with Gasteiger partial charge in [0.2, 0.25) is 10.0 Å². The Morgan fingerprint density at radius 3 is 2.76 bits per heavy atom. The van der Waals surface area contributed by atoms with Crippen LogP contribution in [0.2, 0.25) is 0 Å². The van der Waals surface area contributed by atoms with Crippen molar-refractivity contribution in [1.82, 2.24) is 9.62 Å². The molecule has 1 aromatic rings. The number of carbonyl (C=O) groups excluding carboxylic acids is 1. The molecule has 1 saturated heterocycles. The second-order valence-electron chi connectivity index (χ2n) is 6.40. The average Bonchev–Trinajstić information content (AvgIpc) is 2.92. The third kappa shape index (κ3) is 2.85. The van der Waals surface area contributed by atoms with Crippen LogP contribution in [0.25, 0.3) is 0 Å². The number of nitrogens with zero attached hydrogens (tertiary/aromatic N) is 1. The van der Waals surface area contributed by atoms with Crippen molar-refractivity contribution in [1.29, 1.82) is 0 Å². The SMILES string of the molecule is Cc1ccoc1C(=O)N1CCC2(CC(NS(C)(=O)=O)C2)C1. The minimum atomic E-state index is -3.15. The number of furan rings is 1. The van der Waals surface area contributed by atoms with Gasteiger partial charge in [-0.1, -0.05) is 0 Å². The Morgan fingerprint density at radius 2 is 2.19 bits per heavy atom. The van der Waals surface area contributed by atoms with Gasteiger partial charge in [0, 0.05) is 24.7 Å². The predicted octanol–water partition coefficient (Wildman–Crippen LogP) is 1.13. The maximum absolute atomic E-state index is 12.4. The molecule has 1 aliphatic heterocycles. The molecular weight excluding hydrogens is 292 g/mol. The predicted molar refractivity (Wildman–Crippen MR) is 77.4 cm³/mol. The van der Waals surface area contributed by atoms with E-state index in [0.717, 1.165) is 24.8 Å². The number of nitrogens with one attached hydrogen (secondary N) is 1. The molecule has 1 saturated carbocycles. The summed E-state index contributed by atoms with van der Waals surface area (Å²) in [6.07, 6.45) is 5.26. The van der Waals surface area contributed by atoms with Crippen molar-refractivity contribution >= 4 is 15.9 Å². The molecule has 0 aromatic carbocycles. The van der Waals surface area contributed by atoms with Gasteiger partial charge < -0.3 is 9.32 Å². The van der Waals surface area contributed by atoms with E-state index in [2.05, 4.69) is 4.72 Å². The molecule has 2 fully saturated rings. The molecule has 6 nitrogen and oxygen atoms in total. The molecule has 1 N–H and O–H groups in total. The minimum absolute atomic E-state index is 0.0143. The first-order valence-corrected chi connectivity index (χ1v) is 8.98. The highest BCUT2D eigenvalue weighted by atomic mass is 32.2. The summed E-state index contributed by atoms with van der Waals surface area (Å²) < 4.78 is 30.3. The van der Waals surface area contributed by atoms with Crippen molar-refractivity contribution in [3.63, 3.8) is 0 Å². The summed E-state index contributed by atoms with van der Waals surface area (Å²) in [5.41, 5.74) is 0.935. The molecular formula is C14H20N2O4S. The molecule has 1 amide bonds. The Labute approximate surface area is 124 Å². The number of rotatable bonds is 3. The lowest BCUT2D eigenvalue weighted by molar-refractivity contribution is 0.0660. The summed E-state index contributed by atoms with van der Waals surface area (Å²) in [4.78, 5) is 14.2. The second kappa shape index (κ2) is 4.84. The summed E-state index contributed by atoms with van der Waals surface area (Å²) in [6, 6.07) is 1.80. The highest BCUT2D eigenvalue weighted by Gasteiger charge is 2.50. The lowest BCUT2D eigenvalue weighted by atomic mass is 9.65. The Morgan fingerprint density at radius 1 is 1.48 bits per heavy atom. The summed E-state index contributed by atoms with van der Waals surface area (Å²) in [5, 5.41) is 0. The van der Waals surface area contributed by atoms with Crippen LogP contribution in [0.3, 0.4) is 0 Å². The smallest absolute Gasteiger partial charge is 0.289 e. The van der Waals surface area contributed by atoms with Gasteiger partial charge in [-0.3, -0.25) is 4.79 Å². The zero-order valence-corrected chi connectivity index (χ0v) is 13.1. The molecule has 0 unspecified atom stereocenters. The van der Waals surface area contributed by atoms with E-state index < -0.39 is 10.0 Å². The monoisotopic (exact) mass is 312 g/mol. The van der Waals surface area contributed by atoms with E-state index in [1.165, 1.54) is 12.5 Å². The van der Waals surface area contributed by atoms with Crippen LogP contribution in [-0.4, -0.2) is 44.6 Å². The molecule has 3 rings (SSSR count). The quantitative estimate of drug-likeness (QED) is 0.907. The standard InChI is InChI=1S/C14H20N2O4S/c1-10-3-6-20-12(10)13(17)16-5-4-14(9-16)7-11(8-14)15-21(2,18)19/h3,6,11,15H,4-5,7-9H2,1-2H3. The maximum Gasteiger partial charge on any atom is 0.289 e. The van der Waals surface area contributed by atoms with Gasteiger partial charge in [-0.2, -0.15) is 0 Å². The summed E-state index contributed by atoms with van der Waals surface area (Å²) in [7, 11) is -3.15. The third-order valence-corrected chi connectivity index (χ3v) is 5.28. The number of carbonyl (C=O) groups is 1. The number of hydrogen-bond donors (Lipinski definition) is 1. The molecule has 7 heteroatoms. The van der Waals surface area contributed by atoms with Crippen molar-refractivity contribution in [2.24, 2.45) is 5.41 Å². The molecule has 2 aliphatic rings. The highest BCUT2D eigenvalue weighted by molar-refractivity contribution is 7.88. The Bertz CT molecular complexity index is 658. The van der Waals surface area contributed by atoms with Gasteiger partial charge in [-0.25, -0.2) is 13.1 Å². The van der Waals surface area contributed by atoms with Crippen molar-refractivity contribution in [3.8, 4) is 0 Å². The van der Waals surface area contributed by atoms with Crippen LogP contribution < -0.4 is 4.72 Å². The molecule has 0 atom stereocenters. The van der Waals surface area contributed by atoms with Gasteiger partial charge in [-0.15, -0.1) is 0 Å². The first-order chi connectivity index (χ1) is 9.78. The largest absolute Gasteiger partial charge is 0.459 e. The van der Waals surface area contributed by atoms with Crippen molar-refractivity contribution in [2.75, 3.05) is 19.3 Å². The topological polar surface area (TPSA) is 79.6 Å². The van der Waals surface area contributed by atoms with Gasteiger partial charge in [0.15, 0.2) is 5.76 Å². The van der Waals surface area contributed by atoms with Gasteiger partial charge in [-0.05, 0) is 37.7 Å². The second-order valence-corrected chi connectivity index (χ2v) is 8.18. The zero-order valence-electron chi connectivity index (χ0n) is 12.3. The Hall–Kier alpha value is -1.34. The maximum atomic E-state index is 12.4. The Balaban J connectivity index is 1.60. The van der Waals surface area contributed by atoms with Gasteiger partial charge in [0.05, 0.1) is 12.5 Å². The van der Waals surface area contributed by atoms with E-state index in [4.69, 9.17) is 4.42 Å². The van der Waals surface area contributed by atoms with Crippen molar-refractivity contribution in [3.05, 3.63) is 23.7 Å². The molecule has 0 radical (unpaired) electrons. The number of amides is 1. The fourth-order valence-corrected chi connectivity index (χ4v) is 4.32. The van der Waals surface area contributed by atoms with Crippen LogP contribution >= 0.6 is 0 Å². The first-order valence-electron chi connectivity index (χ1n) is 7.09. The minimum Gasteiger partial charge on any atom is -0.459 e. The zero-order chi connectivity index (χ0) is 15.3. The van der Waals surface area contributed by atoms with Gasteiger partial charge >= 0.3 is 0 Å². The highest BCUT2D eigenvalue weighted by Crippen LogP contribution is 2.48. The molecule has 1 spiro atoms. The molecule has 2 heterocycles. The first kappa shape index (κ1) is 14.6. The van der Waals surface area contributed by atoms with E-state index >= 15 is 0 Å². The van der Waals surface area contributed by atoms with Crippen LogP contribution in [0.1, 0.15) is 35.4 Å². The Kier molecular flexibility index (Phi) is 3.37. The number of hydrogen-bond acceptors (Lipinski definition) is 4.